The van der Waals surface area contributed by atoms with Crippen LogP contribution in [0.4, 0.5) is 29.4 Å². The number of aromatic nitrogens is 8. The van der Waals surface area contributed by atoms with Gasteiger partial charge in [-0.25, -0.2) is 49.1 Å². The molecular weight excluding hydrogens is 1270 g/mol. The van der Waals surface area contributed by atoms with E-state index in [1.165, 1.54) is 64.9 Å². The van der Waals surface area contributed by atoms with Gasteiger partial charge in [-0.15, -0.1) is 0 Å². The first-order valence-electron chi connectivity index (χ1n) is 29.7. The summed E-state index contributed by atoms with van der Waals surface area (Å²) in [5, 5.41) is 17.9. The van der Waals surface area contributed by atoms with Crippen molar-refractivity contribution >= 4 is 106 Å². The van der Waals surface area contributed by atoms with Crippen LogP contribution in [0.3, 0.4) is 0 Å². The van der Waals surface area contributed by atoms with Crippen molar-refractivity contribution in [2.75, 3.05) is 115 Å². The number of carboxylic acids is 1. The molecule has 4 aromatic rings. The smallest absolute Gasteiger partial charge is 0.356 e. The molecule has 5 aliphatic heterocycles. The molecule has 92 heavy (non-hydrogen) atoms. The van der Waals surface area contributed by atoms with Gasteiger partial charge in [0.2, 0.25) is 40.2 Å². The predicted molar refractivity (Wildman–Crippen MR) is 352 cm³/mol. The maximum atomic E-state index is 11.3. The average molecular weight is 1370 g/mol. The molecule has 0 radical (unpaired) electrons. The van der Waals surface area contributed by atoms with E-state index in [0.29, 0.717) is 88.3 Å². The van der Waals surface area contributed by atoms with E-state index in [2.05, 4.69) is 81.5 Å². The number of carboxylic acid groups (broad SMARTS) is 1. The lowest BCUT2D eigenvalue weighted by molar-refractivity contribution is -0.131. The van der Waals surface area contributed by atoms with Crippen molar-refractivity contribution in [2.45, 2.75) is 139 Å². The molecule has 4 aromatic heterocycles. The number of nitrogens with two attached hydrogens (primary N) is 5. The summed E-state index contributed by atoms with van der Waals surface area (Å²) in [4.78, 5) is 106. The molecule has 5 aliphatic rings. The number of carbonyl (C=O) groups excluding carboxylic acids is 6. The molecule has 5 saturated heterocycles. The molecule has 35 heteroatoms. The van der Waals surface area contributed by atoms with Crippen LogP contribution in [0.15, 0.2) is 24.3 Å². The number of hydrogen-bond acceptors (Lipinski definition) is 28. The topological polar surface area (TPSA) is 477 Å². The number of aromatic carboxylic acids is 1. The fourth-order valence-corrected chi connectivity index (χ4v) is 6.49. The number of rotatable bonds is 13. The summed E-state index contributed by atoms with van der Waals surface area (Å²) in [5.41, 5.74) is 25.6. The van der Waals surface area contributed by atoms with Crippen LogP contribution in [-0.4, -0.2) is 203 Å². The van der Waals surface area contributed by atoms with Crippen LogP contribution in [0.5, 0.6) is 0 Å². The van der Waals surface area contributed by atoms with Crippen LogP contribution in [-0.2, 0) is 47.5 Å². The van der Waals surface area contributed by atoms with Crippen molar-refractivity contribution in [1.82, 2.24) is 44.8 Å². The van der Waals surface area contributed by atoms with Crippen molar-refractivity contribution < 1.29 is 71.8 Å². The van der Waals surface area contributed by atoms with E-state index in [9.17, 15) is 33.6 Å². The summed E-state index contributed by atoms with van der Waals surface area (Å²) in [6, 6.07) is 6.54. The van der Waals surface area contributed by atoms with Crippen LogP contribution in [0.1, 0.15) is 157 Å². The summed E-state index contributed by atoms with van der Waals surface area (Å²) in [7, 11) is 3.81. The van der Waals surface area contributed by atoms with Gasteiger partial charge in [-0.2, -0.15) is 9.97 Å². The number of carbonyl (C=O) groups is 7. The number of nitrogens with one attached hydrogen (secondary N) is 3. The molecule has 9 heterocycles. The standard InChI is InChI=1S/C9H10ClN3O3.C9H12N4O3.C8H10N4O3.C8H15NO.C6H4Cl2N2O2.3C3H7NO.4C2H6/c2*1-15-8(14)6-2-7(13-9(10)12-6)11-5-3-16-4-5;9-8-11-5(7(13)14)1-6(12-8)10-4-2-15-3-4;1-2-8(10)9-6-4-3-5-7-9;1-12-5(11)3-2-4(7)10-6(8)9-3;4-3-1-5-2-3;2*1-2-3(4)5;4*1-2/h2,5H,3-4H2,1H3,(H,11,12,13);2,5H,3-4H2,1H3,(H3,10,11,12,13);1,4H,2-3H2,(H,13,14)(H3,9,10,11,12);2-7H2,1H3;2H,1H3;3H,1-2,4H2;2*2H2,1H3,(H2,4,5);4*1-2H3. The quantitative estimate of drug-likeness (QED) is 0.0314. The lowest BCUT2D eigenvalue weighted by Gasteiger charge is -2.27. The first-order chi connectivity index (χ1) is 43.9. The first kappa shape index (κ1) is 88.5. The number of nitrogen functional groups attached to an aromatic ring is 2. The third-order valence-electron chi connectivity index (χ3n) is 10.6. The zero-order valence-electron chi connectivity index (χ0n) is 55.1. The van der Waals surface area contributed by atoms with Crippen LogP contribution in [0, 0.1) is 0 Å². The molecule has 0 spiro atoms. The van der Waals surface area contributed by atoms with Crippen LogP contribution < -0.4 is 44.6 Å². The van der Waals surface area contributed by atoms with Crippen LogP contribution >= 0.6 is 34.8 Å². The monoisotopic (exact) mass is 1360 g/mol. The molecule has 3 amide bonds. The van der Waals surface area contributed by atoms with Gasteiger partial charge in [0.15, 0.2) is 22.8 Å². The number of anilines is 5. The average Bonchev–Trinajstić information content (AvgIpc) is 1.12. The molecule has 0 bridgehead atoms. The van der Waals surface area contributed by atoms with E-state index < -0.39 is 23.9 Å². The maximum absolute atomic E-state index is 11.3. The maximum Gasteiger partial charge on any atom is 0.356 e. The second-order valence-electron chi connectivity index (χ2n) is 17.4. The normalized spacial score (nSPS) is 13.7. The highest BCUT2D eigenvalue weighted by molar-refractivity contribution is 6.32. The molecule has 32 nitrogen and oxygen atoms in total. The Hall–Kier alpha value is -7.72. The lowest BCUT2D eigenvalue weighted by atomic mass is 10.1. The van der Waals surface area contributed by atoms with Crippen molar-refractivity contribution in [2.24, 2.45) is 17.2 Å². The molecule has 0 aliphatic carbocycles. The van der Waals surface area contributed by atoms with Crippen molar-refractivity contribution in [3.8, 4) is 0 Å². The van der Waals surface area contributed by atoms with Crippen molar-refractivity contribution in [3.05, 3.63) is 62.8 Å². The molecule has 5 fully saturated rings. The summed E-state index contributed by atoms with van der Waals surface area (Å²) in [6.45, 7) is 28.6. The van der Waals surface area contributed by atoms with Crippen LogP contribution in [0.25, 0.3) is 0 Å². The van der Waals surface area contributed by atoms with E-state index >= 15 is 0 Å². The summed E-state index contributed by atoms with van der Waals surface area (Å²) in [5.74, 6) is -1.60. The lowest BCUT2D eigenvalue weighted by Crippen LogP contribution is -2.41. The number of methoxy groups -OCH3 is 3. The largest absolute Gasteiger partial charge is 0.477 e. The number of hydrogen-bond donors (Lipinski definition) is 9. The molecular formula is C57H96Cl3N17O15. The molecule has 9 rings (SSSR count). The van der Waals surface area contributed by atoms with Crippen molar-refractivity contribution in [3.63, 3.8) is 0 Å². The van der Waals surface area contributed by atoms with Crippen LogP contribution in [0.2, 0.25) is 15.7 Å². The molecule has 0 saturated carbocycles. The number of likely N-dealkylation sites (tertiary alicyclic amines) is 1. The fraction of sp³-hybridized carbons (Fsp3) is 0.596. The number of halogens is 3. The Morgan fingerprint density at radius 3 is 1.09 bits per heavy atom. The fourth-order valence-electron chi connectivity index (χ4n) is 5.90. The summed E-state index contributed by atoms with van der Waals surface area (Å²) < 4.78 is 33.2. The third-order valence-corrected chi connectivity index (χ3v) is 11.1. The number of primary amides is 2. The van der Waals surface area contributed by atoms with Gasteiger partial charge in [-0.05, 0) is 42.5 Å². The van der Waals surface area contributed by atoms with Gasteiger partial charge in [0.1, 0.15) is 22.6 Å². The zero-order valence-corrected chi connectivity index (χ0v) is 57.4. The summed E-state index contributed by atoms with van der Waals surface area (Å²) in [6.07, 6.45) is 5.25. The van der Waals surface area contributed by atoms with E-state index in [1.54, 1.807) is 13.8 Å². The van der Waals surface area contributed by atoms with Gasteiger partial charge < -0.3 is 87.8 Å². The van der Waals surface area contributed by atoms with Crippen molar-refractivity contribution in [1.29, 1.82) is 0 Å². The highest BCUT2D eigenvalue weighted by atomic mass is 35.5. The molecule has 0 aromatic carbocycles. The third kappa shape index (κ3) is 40.2. The number of piperidine rings is 1. The predicted octanol–water partition coefficient (Wildman–Crippen LogP) is 6.14. The Bertz CT molecular complexity index is 2630. The Kier molecular flexibility index (Phi) is 51.8. The van der Waals surface area contributed by atoms with E-state index in [4.69, 9.17) is 76.1 Å². The first-order valence-corrected chi connectivity index (χ1v) is 30.8. The Labute approximate surface area is 553 Å². The van der Waals surface area contributed by atoms with Gasteiger partial charge in [-0.1, -0.05) is 87.8 Å². The number of esters is 3. The molecule has 520 valence electrons. The number of amides is 3. The minimum absolute atomic E-state index is 0.00522. The van der Waals surface area contributed by atoms with Gasteiger partial charge in [0.25, 0.3) is 0 Å². The number of ether oxygens (including phenoxy) is 7. The zero-order chi connectivity index (χ0) is 70.7. The Morgan fingerprint density at radius 1 is 0.500 bits per heavy atom. The molecule has 14 N–H and O–H groups in total. The SMILES string of the molecule is CC.CC.CC.CC.CCC(=O)N1CCCCC1.CCC(N)=O.CCC(N)=O.COC(=O)c1cc(Cl)nc(Cl)n1.COC(=O)c1cc(NC2COC2)nc(Cl)n1.COC(=O)c1cc(NC2COC2)nc(N)n1.NC1COC1.Nc1nc(NC2COC2)cc(C(=O)O)n1. The minimum Gasteiger partial charge on any atom is -0.477 e. The Balaban J connectivity index is -0.000000998. The van der Waals surface area contributed by atoms with Gasteiger partial charge in [0, 0.05) is 56.6 Å². The van der Waals surface area contributed by atoms with Gasteiger partial charge >= 0.3 is 23.9 Å². The minimum atomic E-state index is -1.13. The van der Waals surface area contributed by atoms with E-state index in [-0.39, 0.29) is 80.3 Å². The molecule has 0 atom stereocenters. The second kappa shape index (κ2) is 53.9. The van der Waals surface area contributed by atoms with E-state index in [0.717, 1.165) is 26.3 Å². The highest BCUT2D eigenvalue weighted by Crippen LogP contribution is 2.17. The van der Waals surface area contributed by atoms with Gasteiger partial charge in [-0.3, -0.25) is 14.4 Å². The molecule has 0 unspecified atom stereocenters. The summed E-state index contributed by atoms with van der Waals surface area (Å²) >= 11 is 16.6. The second-order valence-corrected chi connectivity index (χ2v) is 18.5. The van der Waals surface area contributed by atoms with E-state index in [1.807, 2.05) is 67.2 Å². The Morgan fingerprint density at radius 2 is 0.804 bits per heavy atom. The van der Waals surface area contributed by atoms with Gasteiger partial charge in [0.05, 0.1) is 98.4 Å². The number of nitrogens with zero attached hydrogens (tertiary/aromatic N) is 9. The highest BCUT2D eigenvalue weighted by Gasteiger charge is 2.23.